The molecule has 5 N–H and O–H groups in total. The third kappa shape index (κ3) is 4.07. The molecule has 1 rings (SSSR count). The Morgan fingerprint density at radius 2 is 2.41 bits per heavy atom. The summed E-state index contributed by atoms with van der Waals surface area (Å²) in [6.07, 6.45) is 0.744. The highest BCUT2D eigenvalue weighted by Crippen LogP contribution is 2.20. The molecule has 8 nitrogen and oxygen atoms in total. The van der Waals surface area contributed by atoms with Gasteiger partial charge < -0.3 is 21.4 Å². The summed E-state index contributed by atoms with van der Waals surface area (Å²) < 4.78 is 0. The summed E-state index contributed by atoms with van der Waals surface area (Å²) in [7, 11) is 0. The number of aliphatic carboxylic acids is 1. The number of primary amides is 1. The number of rotatable bonds is 6. The number of carboxylic acids is 1. The molecule has 92 valence electrons. The minimum Gasteiger partial charge on any atom is -0.481 e. The molecule has 1 amide bonds. The van der Waals surface area contributed by atoms with Crippen molar-refractivity contribution in [1.82, 2.24) is 4.98 Å². The summed E-state index contributed by atoms with van der Waals surface area (Å²) >= 11 is 1.13. The van der Waals surface area contributed by atoms with Crippen molar-refractivity contribution in [2.45, 2.75) is 5.92 Å². The molecule has 0 saturated heterocycles. The highest BCUT2D eigenvalue weighted by molar-refractivity contribution is 7.13. The molecule has 0 bridgehead atoms. The maximum Gasteiger partial charge on any atom is 0.316 e. The lowest BCUT2D eigenvalue weighted by Crippen LogP contribution is -2.18. The van der Waals surface area contributed by atoms with Gasteiger partial charge in [-0.3, -0.25) is 9.59 Å². The van der Waals surface area contributed by atoms with Crippen LogP contribution in [0.25, 0.3) is 0 Å². The fourth-order valence-electron chi connectivity index (χ4n) is 0.951. The standard InChI is InChI=1S/C8H10N4O4S/c9-6(13)1-11-16-2-4(7(14)15)5-3-17-8(10)12-5/h1,3-4H,2H2,(H2,9,13)(H2,10,12)(H,14,15)/b11-1+. The molecular formula is C8H10N4O4S. The van der Waals surface area contributed by atoms with Gasteiger partial charge in [0.05, 0.1) is 5.69 Å². The van der Waals surface area contributed by atoms with E-state index in [1.54, 1.807) is 0 Å². The van der Waals surface area contributed by atoms with Crippen LogP contribution in [0.1, 0.15) is 11.6 Å². The molecule has 1 heterocycles. The van der Waals surface area contributed by atoms with Crippen molar-refractivity contribution in [2.75, 3.05) is 12.3 Å². The summed E-state index contributed by atoms with van der Waals surface area (Å²) in [4.78, 5) is 29.7. The van der Waals surface area contributed by atoms with E-state index in [-0.39, 0.29) is 17.4 Å². The fraction of sp³-hybridized carbons (Fsp3) is 0.250. The Kier molecular flexibility index (Phi) is 4.40. The van der Waals surface area contributed by atoms with Gasteiger partial charge in [0.25, 0.3) is 5.91 Å². The lowest BCUT2D eigenvalue weighted by Gasteiger charge is -2.07. The average molecular weight is 258 g/mol. The maximum atomic E-state index is 10.9. The van der Waals surface area contributed by atoms with Gasteiger partial charge >= 0.3 is 5.97 Å². The lowest BCUT2D eigenvalue weighted by atomic mass is 10.1. The topological polar surface area (TPSA) is 141 Å². The number of nitrogens with zero attached hydrogens (tertiary/aromatic N) is 2. The van der Waals surface area contributed by atoms with Gasteiger partial charge in [-0.05, 0) is 0 Å². The molecule has 0 radical (unpaired) electrons. The average Bonchev–Trinajstić information content (AvgIpc) is 2.63. The van der Waals surface area contributed by atoms with Crippen LogP contribution in [0.15, 0.2) is 10.5 Å². The van der Waals surface area contributed by atoms with Gasteiger partial charge in [0, 0.05) is 5.38 Å². The van der Waals surface area contributed by atoms with E-state index in [0.29, 0.717) is 0 Å². The van der Waals surface area contributed by atoms with Crippen LogP contribution in [0.4, 0.5) is 5.13 Å². The van der Waals surface area contributed by atoms with Crippen LogP contribution in [-0.4, -0.2) is 34.8 Å². The molecule has 1 aromatic rings. The second-order valence-corrected chi connectivity index (χ2v) is 3.82. The van der Waals surface area contributed by atoms with Gasteiger partial charge in [-0.1, -0.05) is 5.16 Å². The number of carboxylic acid groups (broad SMARTS) is 1. The van der Waals surface area contributed by atoms with Crippen molar-refractivity contribution in [3.05, 3.63) is 11.1 Å². The number of oxime groups is 1. The van der Waals surface area contributed by atoms with Gasteiger partial charge in [-0.15, -0.1) is 11.3 Å². The van der Waals surface area contributed by atoms with Crippen LogP contribution in [0.3, 0.4) is 0 Å². The van der Waals surface area contributed by atoms with E-state index in [1.165, 1.54) is 5.38 Å². The van der Waals surface area contributed by atoms with Gasteiger partial charge in [-0.2, -0.15) is 0 Å². The quantitative estimate of drug-likeness (QED) is 0.458. The largest absolute Gasteiger partial charge is 0.481 e. The first-order chi connectivity index (χ1) is 8.00. The highest BCUT2D eigenvalue weighted by Gasteiger charge is 2.23. The van der Waals surface area contributed by atoms with Crippen LogP contribution >= 0.6 is 11.3 Å². The van der Waals surface area contributed by atoms with Gasteiger partial charge in [0.15, 0.2) is 5.13 Å². The van der Waals surface area contributed by atoms with Crippen molar-refractivity contribution >= 4 is 34.6 Å². The molecule has 0 aliphatic rings. The van der Waals surface area contributed by atoms with Gasteiger partial charge in [-0.25, -0.2) is 4.98 Å². The Balaban J connectivity index is 2.62. The molecule has 0 spiro atoms. The zero-order valence-electron chi connectivity index (χ0n) is 8.57. The SMILES string of the molecule is NC(=O)/C=N/OCC(C(=O)O)c1csc(N)n1. The Hall–Kier alpha value is -2.16. The number of nitrogens with two attached hydrogens (primary N) is 2. The van der Waals surface area contributed by atoms with E-state index < -0.39 is 17.8 Å². The van der Waals surface area contributed by atoms with E-state index in [9.17, 15) is 9.59 Å². The zero-order chi connectivity index (χ0) is 12.8. The molecular weight excluding hydrogens is 248 g/mol. The fourth-order valence-corrected chi connectivity index (χ4v) is 1.57. The number of hydrogen-bond acceptors (Lipinski definition) is 7. The van der Waals surface area contributed by atoms with Gasteiger partial charge in [0.2, 0.25) is 0 Å². The Bertz CT molecular complexity index is 444. The third-order valence-electron chi connectivity index (χ3n) is 1.69. The number of carbonyl (C=O) groups excluding carboxylic acids is 1. The number of thiazole rings is 1. The number of carbonyl (C=O) groups is 2. The lowest BCUT2D eigenvalue weighted by molar-refractivity contribution is -0.140. The first-order valence-corrected chi connectivity index (χ1v) is 5.27. The molecule has 17 heavy (non-hydrogen) atoms. The van der Waals surface area contributed by atoms with Crippen LogP contribution < -0.4 is 11.5 Å². The molecule has 0 aliphatic carbocycles. The molecule has 1 atom stereocenters. The second kappa shape index (κ2) is 5.80. The summed E-state index contributed by atoms with van der Waals surface area (Å²) in [5.74, 6) is -2.90. The van der Waals surface area contributed by atoms with Crippen LogP contribution in [0, 0.1) is 0 Å². The molecule has 0 saturated carbocycles. The number of amides is 1. The minimum atomic E-state index is -1.12. The molecule has 1 unspecified atom stereocenters. The number of hydrogen-bond donors (Lipinski definition) is 3. The highest BCUT2D eigenvalue weighted by atomic mass is 32.1. The molecule has 0 aromatic carbocycles. The number of nitrogen functional groups attached to an aromatic ring is 1. The summed E-state index contributed by atoms with van der Waals surface area (Å²) in [6.45, 7) is -0.262. The normalized spacial score (nSPS) is 12.5. The smallest absolute Gasteiger partial charge is 0.316 e. The Morgan fingerprint density at radius 3 is 2.88 bits per heavy atom. The first kappa shape index (κ1) is 12.9. The minimum absolute atomic E-state index is 0.262. The Morgan fingerprint density at radius 1 is 1.71 bits per heavy atom. The van der Waals surface area contributed by atoms with E-state index in [4.69, 9.17) is 16.6 Å². The van der Waals surface area contributed by atoms with Crippen molar-refractivity contribution in [2.24, 2.45) is 10.9 Å². The van der Waals surface area contributed by atoms with Crippen molar-refractivity contribution < 1.29 is 19.5 Å². The molecule has 0 aliphatic heterocycles. The third-order valence-corrected chi connectivity index (χ3v) is 2.38. The number of aromatic nitrogens is 1. The van der Waals surface area contributed by atoms with Crippen molar-refractivity contribution in [3.63, 3.8) is 0 Å². The predicted octanol–water partition coefficient (Wildman–Crippen LogP) is -0.619. The molecule has 1 aromatic heterocycles. The first-order valence-electron chi connectivity index (χ1n) is 4.39. The summed E-state index contributed by atoms with van der Waals surface area (Å²) in [6, 6.07) is 0. The van der Waals surface area contributed by atoms with Gasteiger partial charge in [0.1, 0.15) is 18.7 Å². The molecule has 0 fully saturated rings. The van der Waals surface area contributed by atoms with E-state index in [2.05, 4.69) is 15.0 Å². The van der Waals surface area contributed by atoms with Crippen LogP contribution in [-0.2, 0) is 14.4 Å². The summed E-state index contributed by atoms with van der Waals surface area (Å²) in [5, 5.41) is 13.9. The van der Waals surface area contributed by atoms with Crippen molar-refractivity contribution in [3.8, 4) is 0 Å². The Labute approximate surface area is 99.9 Å². The zero-order valence-corrected chi connectivity index (χ0v) is 9.38. The van der Waals surface area contributed by atoms with Crippen molar-refractivity contribution in [1.29, 1.82) is 0 Å². The van der Waals surface area contributed by atoms with Crippen LogP contribution in [0.5, 0.6) is 0 Å². The van der Waals surface area contributed by atoms with Crippen LogP contribution in [0.2, 0.25) is 0 Å². The van der Waals surface area contributed by atoms with E-state index >= 15 is 0 Å². The predicted molar refractivity (Wildman–Crippen MR) is 60.5 cm³/mol. The van der Waals surface area contributed by atoms with E-state index in [1.807, 2.05) is 0 Å². The van der Waals surface area contributed by atoms with E-state index in [0.717, 1.165) is 17.6 Å². The monoisotopic (exact) mass is 258 g/mol. The second-order valence-electron chi connectivity index (χ2n) is 2.93. The number of anilines is 1. The maximum absolute atomic E-state index is 10.9. The summed E-state index contributed by atoms with van der Waals surface area (Å²) in [5.41, 5.74) is 10.5. The molecule has 9 heteroatoms.